The van der Waals surface area contributed by atoms with Gasteiger partial charge in [-0.2, -0.15) is 0 Å². The number of ether oxygens (including phenoxy) is 1. The number of rotatable bonds is 8. The molecule has 2 aromatic heterocycles. The lowest BCUT2D eigenvalue weighted by molar-refractivity contribution is 0.102. The number of aryl methyl sites for hydroxylation is 1. The summed E-state index contributed by atoms with van der Waals surface area (Å²) in [5, 5.41) is 12.0. The summed E-state index contributed by atoms with van der Waals surface area (Å²) in [6.07, 6.45) is 0. The molecule has 0 aliphatic carbocycles. The van der Waals surface area contributed by atoms with Gasteiger partial charge in [0.15, 0.2) is 10.1 Å². The Morgan fingerprint density at radius 1 is 1.45 bits per heavy atom. The van der Waals surface area contributed by atoms with Gasteiger partial charge < -0.3 is 14.6 Å². The van der Waals surface area contributed by atoms with Gasteiger partial charge in [-0.15, -0.1) is 10.2 Å². The van der Waals surface area contributed by atoms with Gasteiger partial charge in [0.1, 0.15) is 0 Å². The van der Waals surface area contributed by atoms with E-state index < -0.39 is 0 Å². The molecule has 0 aliphatic rings. The van der Waals surface area contributed by atoms with Gasteiger partial charge in [0, 0.05) is 37.7 Å². The number of nitrogens with zero attached hydrogens (tertiary/aromatic N) is 3. The smallest absolute Gasteiger partial charge is 0.206 e. The zero-order valence-corrected chi connectivity index (χ0v) is 14.8. The standard InChI is InChI=1S/C14H20N4O2S2/c1-9-7-11(10(2)18(9)3)12(19)8-21-14-17-16-13(22-14)15-5-6-20-4/h7H,5-6,8H2,1-4H3,(H,15,16). The molecule has 2 heterocycles. The second kappa shape index (κ2) is 7.75. The Bertz CT molecular complexity index is 651. The van der Waals surface area contributed by atoms with E-state index in [4.69, 9.17) is 4.74 Å². The van der Waals surface area contributed by atoms with Gasteiger partial charge >= 0.3 is 0 Å². The van der Waals surface area contributed by atoms with Crippen molar-refractivity contribution in [3.63, 3.8) is 0 Å². The molecule has 0 saturated heterocycles. The maximum atomic E-state index is 12.3. The molecule has 0 spiro atoms. The molecule has 0 fully saturated rings. The van der Waals surface area contributed by atoms with Crippen LogP contribution in [-0.2, 0) is 11.8 Å². The van der Waals surface area contributed by atoms with Crippen molar-refractivity contribution in [2.45, 2.75) is 18.2 Å². The van der Waals surface area contributed by atoms with Crippen molar-refractivity contribution in [3.8, 4) is 0 Å². The molecular formula is C14H20N4O2S2. The maximum Gasteiger partial charge on any atom is 0.206 e. The fraction of sp³-hybridized carbons (Fsp3) is 0.500. The Kier molecular flexibility index (Phi) is 5.98. The normalized spacial score (nSPS) is 10.9. The van der Waals surface area contributed by atoms with E-state index in [-0.39, 0.29) is 5.78 Å². The van der Waals surface area contributed by atoms with E-state index in [1.165, 1.54) is 23.1 Å². The molecule has 0 radical (unpaired) electrons. The lowest BCUT2D eigenvalue weighted by Crippen LogP contribution is -2.06. The van der Waals surface area contributed by atoms with Crippen LogP contribution in [0, 0.1) is 13.8 Å². The van der Waals surface area contributed by atoms with E-state index in [0.29, 0.717) is 18.9 Å². The average Bonchev–Trinajstić information content (AvgIpc) is 3.05. The SMILES string of the molecule is COCCNc1nnc(SCC(=O)c2cc(C)n(C)c2C)s1. The average molecular weight is 340 g/mol. The van der Waals surface area contributed by atoms with Gasteiger partial charge in [-0.3, -0.25) is 4.79 Å². The third-order valence-electron chi connectivity index (χ3n) is 3.39. The lowest BCUT2D eigenvalue weighted by atomic mass is 10.2. The van der Waals surface area contributed by atoms with Crippen molar-refractivity contribution >= 4 is 34.0 Å². The molecule has 2 aromatic rings. The Morgan fingerprint density at radius 2 is 2.23 bits per heavy atom. The van der Waals surface area contributed by atoms with Crippen LogP contribution >= 0.6 is 23.1 Å². The van der Waals surface area contributed by atoms with E-state index in [9.17, 15) is 4.79 Å². The summed E-state index contributed by atoms with van der Waals surface area (Å²) < 4.78 is 7.78. The minimum absolute atomic E-state index is 0.121. The minimum atomic E-state index is 0.121. The molecular weight excluding hydrogens is 320 g/mol. The van der Waals surface area contributed by atoms with Gasteiger partial charge in [-0.05, 0) is 19.9 Å². The molecule has 6 nitrogen and oxygen atoms in total. The summed E-state index contributed by atoms with van der Waals surface area (Å²) in [6, 6.07) is 1.94. The fourth-order valence-corrected chi connectivity index (χ4v) is 3.60. The van der Waals surface area contributed by atoms with Crippen LogP contribution in [0.15, 0.2) is 10.4 Å². The van der Waals surface area contributed by atoms with Crippen LogP contribution in [0.4, 0.5) is 5.13 Å². The number of ketones is 1. The fourth-order valence-electron chi connectivity index (χ4n) is 1.94. The van der Waals surface area contributed by atoms with E-state index in [2.05, 4.69) is 15.5 Å². The molecule has 22 heavy (non-hydrogen) atoms. The van der Waals surface area contributed by atoms with Crippen LogP contribution in [0.5, 0.6) is 0 Å². The minimum Gasteiger partial charge on any atom is -0.383 e. The second-order valence-electron chi connectivity index (χ2n) is 4.85. The Balaban J connectivity index is 1.89. The van der Waals surface area contributed by atoms with Crippen LogP contribution in [0.2, 0.25) is 0 Å². The Morgan fingerprint density at radius 3 is 2.86 bits per heavy atom. The molecule has 0 unspecified atom stereocenters. The lowest BCUT2D eigenvalue weighted by Gasteiger charge is -2.01. The molecule has 0 amide bonds. The first-order chi connectivity index (χ1) is 10.5. The van der Waals surface area contributed by atoms with Crippen LogP contribution in [0.3, 0.4) is 0 Å². The highest BCUT2D eigenvalue weighted by molar-refractivity contribution is 8.01. The summed E-state index contributed by atoms with van der Waals surface area (Å²) in [4.78, 5) is 12.3. The highest BCUT2D eigenvalue weighted by atomic mass is 32.2. The Labute approximate surface area is 138 Å². The summed E-state index contributed by atoms with van der Waals surface area (Å²) in [7, 11) is 3.62. The zero-order chi connectivity index (χ0) is 16.1. The number of thioether (sulfide) groups is 1. The van der Waals surface area contributed by atoms with Gasteiger partial charge in [-0.25, -0.2) is 0 Å². The van der Waals surface area contributed by atoms with Crippen molar-refractivity contribution < 1.29 is 9.53 Å². The largest absolute Gasteiger partial charge is 0.383 e. The first-order valence-electron chi connectivity index (χ1n) is 6.88. The number of carbonyl (C=O) groups is 1. The van der Waals surface area contributed by atoms with Crippen molar-refractivity contribution in [1.29, 1.82) is 0 Å². The molecule has 0 bridgehead atoms. The number of carbonyl (C=O) groups excluding carboxylic acids is 1. The molecule has 1 N–H and O–H groups in total. The van der Waals surface area contributed by atoms with Crippen molar-refractivity contribution in [2.75, 3.05) is 31.3 Å². The molecule has 0 aromatic carbocycles. The molecule has 0 aliphatic heterocycles. The van der Waals surface area contributed by atoms with Gasteiger partial charge in [-0.1, -0.05) is 23.1 Å². The van der Waals surface area contributed by atoms with Crippen molar-refractivity contribution in [1.82, 2.24) is 14.8 Å². The summed E-state index contributed by atoms with van der Waals surface area (Å²) in [5.41, 5.74) is 2.88. The molecule has 0 atom stereocenters. The third kappa shape index (κ3) is 4.08. The van der Waals surface area contributed by atoms with Crippen LogP contribution in [-0.4, -0.2) is 46.6 Å². The summed E-state index contributed by atoms with van der Waals surface area (Å²) in [5.74, 6) is 0.493. The number of Topliss-reactive ketones (excluding diaryl/α,β-unsaturated/α-hetero) is 1. The first kappa shape index (κ1) is 17.0. The first-order valence-corrected chi connectivity index (χ1v) is 8.68. The van der Waals surface area contributed by atoms with E-state index in [1.54, 1.807) is 7.11 Å². The molecule has 8 heteroatoms. The van der Waals surface area contributed by atoms with Crippen molar-refractivity contribution in [3.05, 3.63) is 23.0 Å². The van der Waals surface area contributed by atoms with Crippen LogP contribution in [0.1, 0.15) is 21.7 Å². The highest BCUT2D eigenvalue weighted by Gasteiger charge is 2.15. The maximum absolute atomic E-state index is 12.3. The molecule has 0 saturated carbocycles. The second-order valence-corrected chi connectivity index (χ2v) is 7.05. The Hall–Kier alpha value is -1.38. The number of hydrogen-bond donors (Lipinski definition) is 1. The number of anilines is 1. The van der Waals surface area contributed by atoms with Gasteiger partial charge in [0.2, 0.25) is 5.13 Å². The number of nitrogens with one attached hydrogen (secondary N) is 1. The predicted octanol–water partition coefficient (Wildman–Crippen LogP) is 2.53. The quantitative estimate of drug-likeness (QED) is 0.452. The monoisotopic (exact) mass is 340 g/mol. The molecule has 120 valence electrons. The zero-order valence-electron chi connectivity index (χ0n) is 13.2. The van der Waals surface area contributed by atoms with E-state index >= 15 is 0 Å². The predicted molar refractivity (Wildman–Crippen MR) is 90.2 cm³/mol. The third-order valence-corrected chi connectivity index (χ3v) is 5.41. The summed E-state index contributed by atoms with van der Waals surface area (Å²) in [6.45, 7) is 5.28. The number of aromatic nitrogens is 3. The summed E-state index contributed by atoms with van der Waals surface area (Å²) >= 11 is 2.87. The van der Waals surface area contributed by atoms with Gasteiger partial charge in [0.25, 0.3) is 0 Å². The number of methoxy groups -OCH3 is 1. The van der Waals surface area contributed by atoms with Crippen molar-refractivity contribution in [2.24, 2.45) is 7.05 Å². The topological polar surface area (TPSA) is 69.0 Å². The highest BCUT2D eigenvalue weighted by Crippen LogP contribution is 2.26. The number of hydrogen-bond acceptors (Lipinski definition) is 7. The van der Waals surface area contributed by atoms with Gasteiger partial charge in [0.05, 0.1) is 12.4 Å². The van der Waals surface area contributed by atoms with Crippen LogP contribution < -0.4 is 5.32 Å². The van der Waals surface area contributed by atoms with E-state index in [0.717, 1.165) is 26.4 Å². The van der Waals surface area contributed by atoms with Crippen LogP contribution in [0.25, 0.3) is 0 Å². The van der Waals surface area contributed by atoms with E-state index in [1.807, 2.05) is 31.5 Å². The molecule has 2 rings (SSSR count).